The number of anilines is 1. The van der Waals surface area contributed by atoms with Crippen LogP contribution in [0.25, 0.3) is 0 Å². The second-order valence-electron chi connectivity index (χ2n) is 9.98. The zero-order valence-corrected chi connectivity index (χ0v) is 25.1. The van der Waals surface area contributed by atoms with E-state index in [0.29, 0.717) is 35.7 Å². The molecule has 0 aliphatic rings. The minimum Gasteiger partial charge on any atom is -0.354 e. The van der Waals surface area contributed by atoms with Crippen LogP contribution in [0.2, 0.25) is 5.02 Å². The number of para-hydroxylation sites is 1. The van der Waals surface area contributed by atoms with Crippen LogP contribution in [0.3, 0.4) is 0 Å². The molecule has 0 saturated carbocycles. The monoisotopic (exact) mass is 583 g/mol. The molecule has 3 aromatic carbocycles. The number of nitrogens with zero attached hydrogens (tertiary/aromatic N) is 2. The number of carbonyl (C=O) groups is 2. The lowest BCUT2D eigenvalue weighted by Gasteiger charge is -2.34. The van der Waals surface area contributed by atoms with Crippen LogP contribution < -0.4 is 9.62 Å². The quantitative estimate of drug-likeness (QED) is 0.281. The number of hydrogen-bond donors (Lipinski definition) is 1. The number of benzene rings is 3. The van der Waals surface area contributed by atoms with E-state index in [-0.39, 0.29) is 23.3 Å². The van der Waals surface area contributed by atoms with Crippen molar-refractivity contribution in [1.82, 2.24) is 10.2 Å². The Morgan fingerprint density at radius 3 is 2.08 bits per heavy atom. The van der Waals surface area contributed by atoms with Crippen molar-refractivity contribution in [3.8, 4) is 0 Å². The van der Waals surface area contributed by atoms with Gasteiger partial charge < -0.3 is 10.2 Å². The number of rotatable bonds is 13. The summed E-state index contributed by atoms with van der Waals surface area (Å²) in [6, 6.07) is 21.5. The van der Waals surface area contributed by atoms with E-state index in [1.807, 2.05) is 45.9 Å². The molecule has 1 N–H and O–H groups in total. The van der Waals surface area contributed by atoms with E-state index in [4.69, 9.17) is 11.6 Å². The molecule has 9 heteroatoms. The fourth-order valence-corrected chi connectivity index (χ4v) is 6.11. The van der Waals surface area contributed by atoms with E-state index >= 15 is 0 Å². The largest absolute Gasteiger partial charge is 0.354 e. The average molecular weight is 584 g/mol. The Morgan fingerprint density at radius 2 is 1.48 bits per heavy atom. The molecule has 2 amide bonds. The molecule has 0 saturated heterocycles. The number of nitrogens with one attached hydrogen (secondary N) is 1. The molecule has 7 nitrogen and oxygen atoms in total. The maximum absolute atomic E-state index is 14.2. The highest BCUT2D eigenvalue weighted by molar-refractivity contribution is 7.92. The first-order valence-corrected chi connectivity index (χ1v) is 15.4. The molecule has 0 aromatic heterocycles. The Morgan fingerprint density at radius 1 is 0.875 bits per heavy atom. The summed E-state index contributed by atoms with van der Waals surface area (Å²) in [5, 5.41) is 3.39. The van der Waals surface area contributed by atoms with Gasteiger partial charge in [-0.25, -0.2) is 8.42 Å². The highest BCUT2D eigenvalue weighted by Crippen LogP contribution is 2.28. The van der Waals surface area contributed by atoms with E-state index in [0.717, 1.165) is 9.87 Å². The number of halogens is 1. The van der Waals surface area contributed by atoms with Crippen molar-refractivity contribution < 1.29 is 18.0 Å². The highest BCUT2D eigenvalue weighted by Gasteiger charge is 2.34. The van der Waals surface area contributed by atoms with Gasteiger partial charge in [-0.3, -0.25) is 13.9 Å². The van der Waals surface area contributed by atoms with Crippen LogP contribution in [0, 0.1) is 5.92 Å². The molecule has 3 rings (SSSR count). The number of sulfonamides is 1. The van der Waals surface area contributed by atoms with Gasteiger partial charge in [0, 0.05) is 18.1 Å². The SMILES string of the molecule is CCc1ccccc1N(CC(=O)N(Cc1ccccc1Cl)[C@@H](CC)C(=O)NCC(C)C)S(=O)(=O)c1ccccc1. The van der Waals surface area contributed by atoms with Crippen LogP contribution in [0.1, 0.15) is 45.2 Å². The predicted molar refractivity (Wildman–Crippen MR) is 161 cm³/mol. The van der Waals surface area contributed by atoms with Gasteiger partial charge in [0.1, 0.15) is 12.6 Å². The molecule has 0 fully saturated rings. The Bertz CT molecular complexity index is 1400. The molecule has 0 heterocycles. The number of hydrogen-bond acceptors (Lipinski definition) is 4. The van der Waals surface area contributed by atoms with Gasteiger partial charge in [-0.1, -0.05) is 93.9 Å². The lowest BCUT2D eigenvalue weighted by molar-refractivity contribution is -0.140. The molecule has 1 atom stereocenters. The predicted octanol–water partition coefficient (Wildman–Crippen LogP) is 5.68. The number of amides is 2. The van der Waals surface area contributed by atoms with E-state index in [1.165, 1.54) is 17.0 Å². The molecule has 40 heavy (non-hydrogen) atoms. The lowest BCUT2D eigenvalue weighted by Crippen LogP contribution is -2.52. The molecule has 0 unspecified atom stereocenters. The first-order valence-electron chi connectivity index (χ1n) is 13.6. The summed E-state index contributed by atoms with van der Waals surface area (Å²) in [6.07, 6.45) is 0.917. The summed E-state index contributed by atoms with van der Waals surface area (Å²) in [7, 11) is -4.11. The van der Waals surface area contributed by atoms with E-state index in [1.54, 1.807) is 48.5 Å². The van der Waals surface area contributed by atoms with Gasteiger partial charge in [0.15, 0.2) is 0 Å². The van der Waals surface area contributed by atoms with Crippen LogP contribution in [-0.4, -0.2) is 44.3 Å². The standard InChI is InChI=1S/C31H38ClN3O4S/c1-5-24-14-11-13-19-29(24)35(40(38,39)26-16-8-7-9-17-26)22-30(36)34(21-25-15-10-12-18-27(25)32)28(6-2)31(37)33-20-23(3)4/h7-19,23,28H,5-6,20-22H2,1-4H3,(H,33,37)/t28-/m0/s1. The van der Waals surface area contributed by atoms with Crippen LogP contribution in [-0.2, 0) is 32.6 Å². The third-order valence-electron chi connectivity index (χ3n) is 6.62. The minimum atomic E-state index is -4.11. The maximum Gasteiger partial charge on any atom is 0.264 e. The Balaban J connectivity index is 2.08. The van der Waals surface area contributed by atoms with E-state index in [2.05, 4.69) is 5.32 Å². The van der Waals surface area contributed by atoms with E-state index < -0.39 is 28.5 Å². The van der Waals surface area contributed by atoms with Gasteiger partial charge in [0.25, 0.3) is 10.0 Å². The van der Waals surface area contributed by atoms with Crippen molar-refractivity contribution in [2.24, 2.45) is 5.92 Å². The van der Waals surface area contributed by atoms with Crippen molar-refractivity contribution in [2.75, 3.05) is 17.4 Å². The van der Waals surface area contributed by atoms with Crippen molar-refractivity contribution >= 4 is 39.1 Å². The minimum absolute atomic E-state index is 0.0563. The van der Waals surface area contributed by atoms with Gasteiger partial charge in [0.2, 0.25) is 11.8 Å². The maximum atomic E-state index is 14.2. The zero-order chi connectivity index (χ0) is 29.3. The summed E-state index contributed by atoms with van der Waals surface area (Å²) in [5.74, 6) is -0.564. The summed E-state index contributed by atoms with van der Waals surface area (Å²) in [4.78, 5) is 29.0. The molecular formula is C31H38ClN3O4S. The normalized spacial score (nSPS) is 12.2. The fourth-order valence-electron chi connectivity index (χ4n) is 4.44. The van der Waals surface area contributed by atoms with Crippen molar-refractivity contribution in [1.29, 1.82) is 0 Å². The van der Waals surface area contributed by atoms with Crippen LogP contribution in [0.5, 0.6) is 0 Å². The average Bonchev–Trinajstić information content (AvgIpc) is 2.95. The number of carbonyl (C=O) groups excluding carboxylic acids is 2. The fraction of sp³-hybridized carbons (Fsp3) is 0.355. The van der Waals surface area contributed by atoms with E-state index in [9.17, 15) is 18.0 Å². The Kier molecular flexibility index (Phi) is 11.2. The van der Waals surface area contributed by atoms with Crippen molar-refractivity contribution in [2.45, 2.75) is 58.0 Å². The number of aryl methyl sites for hydroxylation is 1. The molecule has 3 aromatic rings. The molecular weight excluding hydrogens is 546 g/mol. The van der Waals surface area contributed by atoms with Crippen LogP contribution >= 0.6 is 11.6 Å². The molecule has 0 aliphatic carbocycles. The second kappa shape index (κ2) is 14.3. The first-order chi connectivity index (χ1) is 19.1. The van der Waals surface area contributed by atoms with Gasteiger partial charge in [-0.05, 0) is 54.2 Å². The van der Waals surface area contributed by atoms with Gasteiger partial charge in [-0.2, -0.15) is 0 Å². The third-order valence-corrected chi connectivity index (χ3v) is 8.76. The van der Waals surface area contributed by atoms with Crippen LogP contribution in [0.15, 0.2) is 83.8 Å². The second-order valence-corrected chi connectivity index (χ2v) is 12.3. The lowest BCUT2D eigenvalue weighted by atomic mass is 10.1. The van der Waals surface area contributed by atoms with Gasteiger partial charge >= 0.3 is 0 Å². The van der Waals surface area contributed by atoms with Crippen LogP contribution in [0.4, 0.5) is 5.69 Å². The summed E-state index contributed by atoms with van der Waals surface area (Å²) in [5.41, 5.74) is 1.88. The Hall–Kier alpha value is -3.36. The van der Waals surface area contributed by atoms with Crippen molar-refractivity contribution in [3.63, 3.8) is 0 Å². The summed E-state index contributed by atoms with van der Waals surface area (Å²) >= 11 is 6.45. The Labute approximate surface area is 243 Å². The summed E-state index contributed by atoms with van der Waals surface area (Å²) in [6.45, 7) is 7.78. The molecule has 0 aliphatic heterocycles. The topological polar surface area (TPSA) is 86.8 Å². The highest BCUT2D eigenvalue weighted by atomic mass is 35.5. The van der Waals surface area contributed by atoms with Gasteiger partial charge in [0.05, 0.1) is 10.6 Å². The summed E-state index contributed by atoms with van der Waals surface area (Å²) < 4.78 is 29.1. The van der Waals surface area contributed by atoms with Crippen molar-refractivity contribution in [3.05, 3.63) is 95.0 Å². The molecule has 0 radical (unpaired) electrons. The van der Waals surface area contributed by atoms with Gasteiger partial charge in [-0.15, -0.1) is 0 Å². The first kappa shape index (κ1) is 31.2. The zero-order valence-electron chi connectivity index (χ0n) is 23.5. The molecule has 0 spiro atoms. The molecule has 214 valence electrons. The smallest absolute Gasteiger partial charge is 0.264 e. The third kappa shape index (κ3) is 7.64. The molecule has 0 bridgehead atoms.